The maximum absolute atomic E-state index is 3.91. The molecule has 0 aliphatic carbocycles. The molecule has 0 aliphatic heterocycles. The number of benzene rings is 2. The van der Waals surface area contributed by atoms with E-state index in [1.807, 2.05) is 0 Å². The van der Waals surface area contributed by atoms with E-state index in [0.717, 1.165) is 0 Å². The number of hydrogen-bond acceptors (Lipinski definition) is 0. The SMILES string of the molecule is Cc1cc(C)c(C(Br)C(C)c2ccccc2)c(C)c1. The van der Waals surface area contributed by atoms with E-state index in [2.05, 4.69) is 86.1 Å². The maximum Gasteiger partial charge on any atom is 0.0466 e. The van der Waals surface area contributed by atoms with Gasteiger partial charge in [0.1, 0.15) is 0 Å². The number of halogens is 1. The third kappa shape index (κ3) is 3.09. The minimum atomic E-state index is 0.357. The maximum atomic E-state index is 3.91. The Hall–Kier alpha value is -1.08. The highest BCUT2D eigenvalue weighted by Crippen LogP contribution is 2.40. The summed E-state index contributed by atoms with van der Waals surface area (Å²) >= 11 is 3.91. The van der Waals surface area contributed by atoms with Gasteiger partial charge in [-0.05, 0) is 48.9 Å². The largest absolute Gasteiger partial charge is 0.0832 e. The Morgan fingerprint density at radius 1 is 0.895 bits per heavy atom. The van der Waals surface area contributed by atoms with Crippen LogP contribution in [0, 0.1) is 20.8 Å². The first-order valence-electron chi connectivity index (χ1n) is 6.77. The van der Waals surface area contributed by atoms with Gasteiger partial charge in [0.05, 0.1) is 0 Å². The second-order valence-corrected chi connectivity index (χ2v) is 6.40. The molecule has 0 N–H and O–H groups in total. The van der Waals surface area contributed by atoms with Crippen LogP contribution in [0.25, 0.3) is 0 Å². The molecular formula is C18H21Br. The summed E-state index contributed by atoms with van der Waals surface area (Å²) in [5.74, 6) is 0.460. The molecular weight excluding hydrogens is 296 g/mol. The van der Waals surface area contributed by atoms with Gasteiger partial charge in [-0.2, -0.15) is 0 Å². The Balaban J connectivity index is 2.37. The Bertz CT molecular complexity index is 534. The molecule has 2 atom stereocenters. The molecule has 0 bridgehead atoms. The van der Waals surface area contributed by atoms with Gasteiger partial charge in [-0.3, -0.25) is 0 Å². The lowest BCUT2D eigenvalue weighted by molar-refractivity contribution is 0.743. The van der Waals surface area contributed by atoms with E-state index < -0.39 is 0 Å². The monoisotopic (exact) mass is 316 g/mol. The number of hydrogen-bond donors (Lipinski definition) is 0. The highest BCUT2D eigenvalue weighted by molar-refractivity contribution is 9.09. The first-order valence-corrected chi connectivity index (χ1v) is 7.69. The van der Waals surface area contributed by atoms with Crippen LogP contribution in [0.3, 0.4) is 0 Å². The normalized spacial score (nSPS) is 14.2. The molecule has 0 aromatic heterocycles. The van der Waals surface area contributed by atoms with Crippen molar-refractivity contribution in [1.29, 1.82) is 0 Å². The van der Waals surface area contributed by atoms with Crippen molar-refractivity contribution >= 4 is 15.9 Å². The number of rotatable bonds is 3. The number of aryl methyl sites for hydroxylation is 3. The van der Waals surface area contributed by atoms with Crippen LogP contribution in [0.15, 0.2) is 42.5 Å². The topological polar surface area (TPSA) is 0 Å². The molecule has 19 heavy (non-hydrogen) atoms. The summed E-state index contributed by atoms with van der Waals surface area (Å²) in [5, 5.41) is 0. The van der Waals surface area contributed by atoms with Crippen molar-refractivity contribution < 1.29 is 0 Å². The summed E-state index contributed by atoms with van der Waals surface area (Å²) in [4.78, 5) is 0.357. The van der Waals surface area contributed by atoms with E-state index in [1.165, 1.54) is 27.8 Å². The fourth-order valence-electron chi connectivity index (χ4n) is 2.80. The van der Waals surface area contributed by atoms with Crippen LogP contribution in [0.2, 0.25) is 0 Å². The Kier molecular flexibility index (Phi) is 4.46. The third-order valence-electron chi connectivity index (χ3n) is 3.78. The quantitative estimate of drug-likeness (QED) is 0.623. The van der Waals surface area contributed by atoms with Gasteiger partial charge < -0.3 is 0 Å². The lowest BCUT2D eigenvalue weighted by Crippen LogP contribution is -2.06. The minimum Gasteiger partial charge on any atom is -0.0832 e. The van der Waals surface area contributed by atoms with Crippen LogP contribution in [0.5, 0.6) is 0 Å². The van der Waals surface area contributed by atoms with E-state index in [9.17, 15) is 0 Å². The van der Waals surface area contributed by atoms with Gasteiger partial charge in [0, 0.05) is 4.83 Å². The van der Waals surface area contributed by atoms with Crippen LogP contribution in [-0.4, -0.2) is 0 Å². The molecule has 0 saturated carbocycles. The Morgan fingerprint density at radius 3 is 1.95 bits per heavy atom. The van der Waals surface area contributed by atoms with Crippen molar-refractivity contribution in [3.05, 3.63) is 70.3 Å². The van der Waals surface area contributed by atoms with Crippen molar-refractivity contribution in [2.45, 2.75) is 38.4 Å². The Morgan fingerprint density at radius 2 is 1.42 bits per heavy atom. The lowest BCUT2D eigenvalue weighted by atomic mass is 9.88. The van der Waals surface area contributed by atoms with Crippen molar-refractivity contribution in [3.8, 4) is 0 Å². The molecule has 2 aromatic carbocycles. The van der Waals surface area contributed by atoms with Crippen molar-refractivity contribution in [2.75, 3.05) is 0 Å². The zero-order chi connectivity index (χ0) is 14.0. The van der Waals surface area contributed by atoms with Gasteiger partial charge in [-0.25, -0.2) is 0 Å². The van der Waals surface area contributed by atoms with Gasteiger partial charge in [-0.15, -0.1) is 0 Å². The summed E-state index contributed by atoms with van der Waals surface area (Å²) in [5.41, 5.74) is 6.90. The van der Waals surface area contributed by atoms with E-state index in [0.29, 0.717) is 10.7 Å². The molecule has 100 valence electrons. The Labute approximate surface area is 125 Å². The van der Waals surface area contributed by atoms with Gasteiger partial charge in [-0.1, -0.05) is 70.9 Å². The zero-order valence-electron chi connectivity index (χ0n) is 12.1. The molecule has 0 fully saturated rings. The van der Waals surface area contributed by atoms with Crippen LogP contribution in [-0.2, 0) is 0 Å². The predicted molar refractivity (Wildman–Crippen MR) is 87.2 cm³/mol. The second kappa shape index (κ2) is 5.92. The van der Waals surface area contributed by atoms with E-state index >= 15 is 0 Å². The van der Waals surface area contributed by atoms with Gasteiger partial charge in [0.2, 0.25) is 0 Å². The summed E-state index contributed by atoms with van der Waals surface area (Å²) < 4.78 is 0. The van der Waals surface area contributed by atoms with E-state index in [4.69, 9.17) is 0 Å². The first kappa shape index (κ1) is 14.3. The standard InChI is InChI=1S/C18H21Br/c1-12-10-13(2)17(14(3)11-12)18(19)15(4)16-8-6-5-7-9-16/h5-11,15,18H,1-4H3. The molecule has 2 rings (SSSR count). The molecule has 1 heteroatoms. The van der Waals surface area contributed by atoms with Crippen molar-refractivity contribution in [1.82, 2.24) is 0 Å². The van der Waals surface area contributed by atoms with Crippen molar-refractivity contribution in [3.63, 3.8) is 0 Å². The predicted octanol–water partition coefficient (Wildman–Crippen LogP) is 5.85. The molecule has 0 spiro atoms. The van der Waals surface area contributed by atoms with Crippen LogP contribution in [0.4, 0.5) is 0 Å². The van der Waals surface area contributed by atoms with E-state index in [1.54, 1.807) is 0 Å². The van der Waals surface area contributed by atoms with E-state index in [-0.39, 0.29) is 0 Å². The molecule has 0 aliphatic rings. The average Bonchev–Trinajstić information content (AvgIpc) is 2.37. The smallest absolute Gasteiger partial charge is 0.0466 e. The van der Waals surface area contributed by atoms with Crippen molar-refractivity contribution in [2.24, 2.45) is 0 Å². The average molecular weight is 317 g/mol. The molecule has 0 amide bonds. The van der Waals surface area contributed by atoms with Gasteiger partial charge >= 0.3 is 0 Å². The molecule has 0 nitrogen and oxygen atoms in total. The van der Waals surface area contributed by atoms with Crippen LogP contribution in [0.1, 0.15) is 45.5 Å². The highest BCUT2D eigenvalue weighted by atomic mass is 79.9. The zero-order valence-corrected chi connectivity index (χ0v) is 13.7. The third-order valence-corrected chi connectivity index (χ3v) is 5.03. The second-order valence-electron chi connectivity index (χ2n) is 5.41. The summed E-state index contributed by atoms with van der Waals surface area (Å²) in [6, 6.07) is 15.3. The van der Waals surface area contributed by atoms with Gasteiger partial charge in [0.15, 0.2) is 0 Å². The minimum absolute atomic E-state index is 0.357. The summed E-state index contributed by atoms with van der Waals surface area (Å²) in [6.45, 7) is 8.86. The fraction of sp³-hybridized carbons (Fsp3) is 0.333. The summed E-state index contributed by atoms with van der Waals surface area (Å²) in [7, 11) is 0. The lowest BCUT2D eigenvalue weighted by Gasteiger charge is -2.23. The van der Waals surface area contributed by atoms with Crippen LogP contribution >= 0.6 is 15.9 Å². The molecule has 2 aromatic rings. The van der Waals surface area contributed by atoms with Crippen LogP contribution < -0.4 is 0 Å². The first-order chi connectivity index (χ1) is 9.00. The molecule has 2 unspecified atom stereocenters. The molecule has 0 saturated heterocycles. The summed E-state index contributed by atoms with van der Waals surface area (Å²) in [6.07, 6.45) is 0. The molecule has 0 radical (unpaired) electrons. The highest BCUT2D eigenvalue weighted by Gasteiger charge is 2.21. The molecule has 0 heterocycles. The van der Waals surface area contributed by atoms with Gasteiger partial charge in [0.25, 0.3) is 0 Å². The number of alkyl halides is 1. The fourth-order valence-corrected chi connectivity index (χ4v) is 3.83.